The van der Waals surface area contributed by atoms with E-state index in [1.54, 1.807) is 12.1 Å². The van der Waals surface area contributed by atoms with Crippen molar-refractivity contribution in [2.75, 3.05) is 13.2 Å². The number of aliphatic hydroxyl groups excluding tert-OH is 1. The Labute approximate surface area is 138 Å². The SMILES string of the molecule is Cc1ccc(-c2ccc(S(=O)(=O)NCCCCCO)cc2)cc1. The Morgan fingerprint density at radius 2 is 1.43 bits per heavy atom. The van der Waals surface area contributed by atoms with Crippen LogP contribution in [0.15, 0.2) is 53.4 Å². The summed E-state index contributed by atoms with van der Waals surface area (Å²) in [6.07, 6.45) is 2.24. The highest BCUT2D eigenvalue weighted by molar-refractivity contribution is 7.89. The summed E-state index contributed by atoms with van der Waals surface area (Å²) >= 11 is 0. The van der Waals surface area contributed by atoms with Crippen LogP contribution < -0.4 is 4.72 Å². The van der Waals surface area contributed by atoms with Crippen molar-refractivity contribution in [3.63, 3.8) is 0 Å². The largest absolute Gasteiger partial charge is 0.396 e. The number of benzene rings is 2. The lowest BCUT2D eigenvalue weighted by molar-refractivity contribution is 0.283. The molecule has 23 heavy (non-hydrogen) atoms. The molecule has 0 aliphatic carbocycles. The number of sulfonamides is 1. The standard InChI is InChI=1S/C18H23NO3S/c1-15-5-7-16(8-6-15)17-9-11-18(12-10-17)23(21,22)19-13-3-2-4-14-20/h5-12,19-20H,2-4,13-14H2,1H3. The van der Waals surface area contributed by atoms with Crippen LogP contribution in [-0.4, -0.2) is 26.7 Å². The monoisotopic (exact) mass is 333 g/mol. The molecule has 124 valence electrons. The summed E-state index contributed by atoms with van der Waals surface area (Å²) in [5.41, 5.74) is 3.25. The molecule has 0 unspecified atom stereocenters. The minimum atomic E-state index is -3.47. The van der Waals surface area contributed by atoms with E-state index < -0.39 is 10.0 Å². The van der Waals surface area contributed by atoms with Crippen molar-refractivity contribution in [2.24, 2.45) is 0 Å². The van der Waals surface area contributed by atoms with Crippen LogP contribution in [0.4, 0.5) is 0 Å². The summed E-state index contributed by atoms with van der Waals surface area (Å²) in [7, 11) is -3.47. The molecule has 0 heterocycles. The summed E-state index contributed by atoms with van der Waals surface area (Å²) in [4.78, 5) is 0.274. The molecule has 0 saturated heterocycles. The summed E-state index contributed by atoms with van der Waals surface area (Å²) in [5.74, 6) is 0. The zero-order valence-electron chi connectivity index (χ0n) is 13.3. The molecule has 0 aliphatic heterocycles. The van der Waals surface area contributed by atoms with E-state index in [4.69, 9.17) is 5.11 Å². The first-order chi connectivity index (χ1) is 11.0. The Morgan fingerprint density at radius 1 is 0.870 bits per heavy atom. The molecule has 0 amide bonds. The van der Waals surface area contributed by atoms with Crippen molar-refractivity contribution in [3.05, 3.63) is 54.1 Å². The third-order valence-corrected chi connectivity index (χ3v) is 5.15. The van der Waals surface area contributed by atoms with E-state index in [2.05, 4.69) is 4.72 Å². The fourth-order valence-electron chi connectivity index (χ4n) is 2.28. The molecule has 4 nitrogen and oxygen atoms in total. The van der Waals surface area contributed by atoms with Gasteiger partial charge in [-0.2, -0.15) is 0 Å². The molecular weight excluding hydrogens is 310 g/mol. The maximum absolute atomic E-state index is 12.2. The second-order valence-corrected chi connectivity index (χ2v) is 7.34. The number of nitrogens with one attached hydrogen (secondary N) is 1. The summed E-state index contributed by atoms with van der Waals surface area (Å²) in [5, 5.41) is 8.70. The molecule has 5 heteroatoms. The quantitative estimate of drug-likeness (QED) is 0.730. The van der Waals surface area contributed by atoms with E-state index in [9.17, 15) is 8.42 Å². The lowest BCUT2D eigenvalue weighted by atomic mass is 10.0. The van der Waals surface area contributed by atoms with E-state index >= 15 is 0 Å². The van der Waals surface area contributed by atoms with Gasteiger partial charge < -0.3 is 5.11 Å². The van der Waals surface area contributed by atoms with Crippen molar-refractivity contribution in [1.29, 1.82) is 0 Å². The smallest absolute Gasteiger partial charge is 0.240 e. The van der Waals surface area contributed by atoms with E-state index in [0.717, 1.165) is 24.0 Å². The predicted octanol–water partition coefficient (Wildman–Crippen LogP) is 3.10. The molecule has 0 atom stereocenters. The van der Waals surface area contributed by atoms with Gasteiger partial charge in [-0.1, -0.05) is 42.0 Å². The normalized spacial score (nSPS) is 11.6. The highest BCUT2D eigenvalue weighted by Crippen LogP contribution is 2.21. The number of hydrogen-bond acceptors (Lipinski definition) is 3. The van der Waals surface area contributed by atoms with Crippen molar-refractivity contribution >= 4 is 10.0 Å². The van der Waals surface area contributed by atoms with Gasteiger partial charge in [0.05, 0.1) is 4.90 Å². The van der Waals surface area contributed by atoms with Crippen LogP contribution >= 0.6 is 0 Å². The van der Waals surface area contributed by atoms with E-state index in [1.165, 1.54) is 5.56 Å². The lowest BCUT2D eigenvalue weighted by Crippen LogP contribution is -2.24. The van der Waals surface area contributed by atoms with Crippen LogP contribution in [0, 0.1) is 6.92 Å². The topological polar surface area (TPSA) is 66.4 Å². The van der Waals surface area contributed by atoms with Crippen molar-refractivity contribution in [2.45, 2.75) is 31.1 Å². The van der Waals surface area contributed by atoms with Gasteiger partial charge in [-0.05, 0) is 49.4 Å². The van der Waals surface area contributed by atoms with Gasteiger partial charge in [0.1, 0.15) is 0 Å². The van der Waals surface area contributed by atoms with Crippen molar-refractivity contribution in [3.8, 4) is 11.1 Å². The van der Waals surface area contributed by atoms with Gasteiger partial charge in [-0.25, -0.2) is 13.1 Å². The van der Waals surface area contributed by atoms with Gasteiger partial charge in [0.15, 0.2) is 0 Å². The third-order valence-electron chi connectivity index (χ3n) is 3.68. The van der Waals surface area contributed by atoms with E-state index in [1.807, 2.05) is 43.3 Å². The van der Waals surface area contributed by atoms with Crippen LogP contribution in [0.5, 0.6) is 0 Å². The number of aliphatic hydroxyl groups is 1. The molecule has 2 aromatic rings. The Hall–Kier alpha value is -1.69. The van der Waals surface area contributed by atoms with Crippen LogP contribution in [0.3, 0.4) is 0 Å². The Balaban J connectivity index is 2.02. The number of aryl methyl sites for hydroxylation is 1. The zero-order chi connectivity index (χ0) is 16.7. The predicted molar refractivity (Wildman–Crippen MR) is 92.7 cm³/mol. The Morgan fingerprint density at radius 3 is 2.00 bits per heavy atom. The second kappa shape index (κ2) is 8.24. The fraction of sp³-hybridized carbons (Fsp3) is 0.333. The lowest BCUT2D eigenvalue weighted by Gasteiger charge is -2.08. The molecule has 0 aliphatic rings. The first-order valence-electron chi connectivity index (χ1n) is 7.80. The van der Waals surface area contributed by atoms with Crippen LogP contribution in [-0.2, 0) is 10.0 Å². The number of hydrogen-bond donors (Lipinski definition) is 2. The molecule has 2 aromatic carbocycles. The van der Waals surface area contributed by atoms with Gasteiger partial charge in [0, 0.05) is 13.2 Å². The Kier molecular flexibility index (Phi) is 6.33. The molecule has 0 radical (unpaired) electrons. The van der Waals surface area contributed by atoms with Crippen LogP contribution in [0.25, 0.3) is 11.1 Å². The minimum absolute atomic E-state index is 0.146. The van der Waals surface area contributed by atoms with E-state index in [0.29, 0.717) is 13.0 Å². The average molecular weight is 333 g/mol. The van der Waals surface area contributed by atoms with Gasteiger partial charge in [-0.15, -0.1) is 0 Å². The van der Waals surface area contributed by atoms with Crippen molar-refractivity contribution < 1.29 is 13.5 Å². The maximum atomic E-state index is 12.2. The second-order valence-electron chi connectivity index (χ2n) is 5.57. The summed E-state index contributed by atoms with van der Waals surface area (Å²) in [6, 6.07) is 15.0. The van der Waals surface area contributed by atoms with Gasteiger partial charge >= 0.3 is 0 Å². The van der Waals surface area contributed by atoms with Crippen molar-refractivity contribution in [1.82, 2.24) is 4.72 Å². The first-order valence-corrected chi connectivity index (χ1v) is 9.29. The average Bonchev–Trinajstić information content (AvgIpc) is 2.55. The molecule has 2 N–H and O–H groups in total. The van der Waals surface area contributed by atoms with Crippen LogP contribution in [0.1, 0.15) is 24.8 Å². The number of rotatable bonds is 8. The fourth-order valence-corrected chi connectivity index (χ4v) is 3.35. The van der Waals surface area contributed by atoms with Gasteiger partial charge in [0.25, 0.3) is 0 Å². The summed E-state index contributed by atoms with van der Waals surface area (Å²) < 4.78 is 27.0. The highest BCUT2D eigenvalue weighted by Gasteiger charge is 2.13. The minimum Gasteiger partial charge on any atom is -0.396 e. The molecule has 0 aromatic heterocycles. The van der Waals surface area contributed by atoms with E-state index in [-0.39, 0.29) is 11.5 Å². The highest BCUT2D eigenvalue weighted by atomic mass is 32.2. The van der Waals surface area contributed by atoms with Gasteiger partial charge in [-0.3, -0.25) is 0 Å². The van der Waals surface area contributed by atoms with Crippen LogP contribution in [0.2, 0.25) is 0 Å². The molecule has 2 rings (SSSR count). The maximum Gasteiger partial charge on any atom is 0.240 e. The first kappa shape index (κ1) is 17.7. The summed E-state index contributed by atoms with van der Waals surface area (Å²) in [6.45, 7) is 2.57. The molecule has 0 bridgehead atoms. The number of unbranched alkanes of at least 4 members (excludes halogenated alkanes) is 2. The Bertz CT molecular complexity index is 707. The molecule has 0 spiro atoms. The van der Waals surface area contributed by atoms with Gasteiger partial charge in [0.2, 0.25) is 10.0 Å². The zero-order valence-corrected chi connectivity index (χ0v) is 14.1. The molecule has 0 fully saturated rings. The molecular formula is C18H23NO3S. The third kappa shape index (κ3) is 5.16. The molecule has 0 saturated carbocycles.